The van der Waals surface area contributed by atoms with Gasteiger partial charge >= 0.3 is 5.97 Å². The highest BCUT2D eigenvalue weighted by Gasteiger charge is 2.36. The zero-order valence-corrected chi connectivity index (χ0v) is 16.8. The van der Waals surface area contributed by atoms with Gasteiger partial charge in [0.05, 0.1) is 28.4 Å². The number of benzene rings is 1. The Morgan fingerprint density at radius 2 is 2.10 bits per heavy atom. The van der Waals surface area contributed by atoms with E-state index in [0.29, 0.717) is 12.1 Å². The van der Waals surface area contributed by atoms with Crippen LogP contribution in [0.1, 0.15) is 36.5 Å². The molecule has 4 rings (SSSR count). The number of esters is 1. The van der Waals surface area contributed by atoms with Crippen LogP contribution in [0.5, 0.6) is 0 Å². The van der Waals surface area contributed by atoms with Gasteiger partial charge in [-0.1, -0.05) is 0 Å². The second-order valence-electron chi connectivity index (χ2n) is 7.73. The maximum absolute atomic E-state index is 12.5. The highest BCUT2D eigenvalue weighted by atomic mass is 32.2. The zero-order chi connectivity index (χ0) is 20.8. The van der Waals surface area contributed by atoms with Crippen LogP contribution in [0.25, 0.3) is 0 Å². The molecule has 3 atom stereocenters. The molecule has 1 aromatic rings. The number of nitrogens with zero attached hydrogens (tertiary/aromatic N) is 1. The molecule has 0 aliphatic carbocycles. The first-order chi connectivity index (χ1) is 13.7. The summed E-state index contributed by atoms with van der Waals surface area (Å²) in [6.07, 6.45) is 1.04. The van der Waals surface area contributed by atoms with Crippen molar-refractivity contribution >= 4 is 39.0 Å². The van der Waals surface area contributed by atoms with E-state index in [1.807, 2.05) is 4.90 Å². The van der Waals surface area contributed by atoms with Crippen LogP contribution in [0, 0.1) is 0 Å². The molecule has 3 heterocycles. The smallest absolute Gasteiger partial charge is 0.338 e. The van der Waals surface area contributed by atoms with E-state index in [1.165, 1.54) is 6.92 Å². The lowest BCUT2D eigenvalue weighted by atomic mass is 10.1. The van der Waals surface area contributed by atoms with E-state index >= 15 is 0 Å². The van der Waals surface area contributed by atoms with Crippen LogP contribution in [-0.2, 0) is 24.2 Å². The molecule has 3 aliphatic heterocycles. The summed E-state index contributed by atoms with van der Waals surface area (Å²) in [6, 6.07) is 4.32. The molecule has 2 amide bonds. The molecule has 156 valence electrons. The molecule has 2 N–H and O–H groups in total. The average Bonchev–Trinajstić information content (AvgIpc) is 3.28. The predicted molar refractivity (Wildman–Crippen MR) is 106 cm³/mol. The van der Waals surface area contributed by atoms with Crippen molar-refractivity contribution in [1.29, 1.82) is 0 Å². The molecule has 1 aromatic carbocycles. The number of hydrogen-bond acceptors (Lipinski definition) is 7. The molecule has 10 heteroatoms. The van der Waals surface area contributed by atoms with Gasteiger partial charge in [0.2, 0.25) is 5.91 Å². The first-order valence-electron chi connectivity index (χ1n) is 9.67. The number of nitrogens with one attached hydrogen (secondary N) is 2. The fourth-order valence-corrected chi connectivity index (χ4v) is 5.74. The summed E-state index contributed by atoms with van der Waals surface area (Å²) in [6.45, 7) is 2.23. The van der Waals surface area contributed by atoms with Crippen LogP contribution in [0.4, 0.5) is 11.4 Å². The maximum Gasteiger partial charge on any atom is 0.338 e. The van der Waals surface area contributed by atoms with Gasteiger partial charge in [0, 0.05) is 12.6 Å². The van der Waals surface area contributed by atoms with Gasteiger partial charge in [0.15, 0.2) is 15.9 Å². The number of rotatable bonds is 4. The van der Waals surface area contributed by atoms with Crippen molar-refractivity contribution in [3.63, 3.8) is 0 Å². The number of anilines is 2. The zero-order valence-electron chi connectivity index (χ0n) is 16.0. The van der Waals surface area contributed by atoms with Crippen LogP contribution < -0.4 is 15.5 Å². The van der Waals surface area contributed by atoms with Gasteiger partial charge in [-0.05, 0) is 44.4 Å². The van der Waals surface area contributed by atoms with Crippen molar-refractivity contribution in [2.24, 2.45) is 0 Å². The van der Waals surface area contributed by atoms with Crippen LogP contribution in [-0.4, -0.2) is 62.4 Å². The highest BCUT2D eigenvalue weighted by Crippen LogP contribution is 2.37. The quantitative estimate of drug-likeness (QED) is 0.677. The molecule has 0 unspecified atom stereocenters. The Kier molecular flexibility index (Phi) is 4.97. The molecular weight excluding hydrogens is 398 g/mol. The van der Waals surface area contributed by atoms with Gasteiger partial charge in [-0.25, -0.2) is 13.2 Å². The Labute approximate surface area is 168 Å². The van der Waals surface area contributed by atoms with Crippen LogP contribution in [0.3, 0.4) is 0 Å². The molecule has 9 nitrogen and oxygen atoms in total. The van der Waals surface area contributed by atoms with Crippen molar-refractivity contribution in [2.75, 3.05) is 28.3 Å². The monoisotopic (exact) mass is 421 g/mol. The minimum absolute atomic E-state index is 0.0465. The van der Waals surface area contributed by atoms with Crippen LogP contribution in [0.15, 0.2) is 18.2 Å². The van der Waals surface area contributed by atoms with Gasteiger partial charge in [-0.3, -0.25) is 9.59 Å². The Bertz CT molecular complexity index is 976. The summed E-state index contributed by atoms with van der Waals surface area (Å²) < 4.78 is 28.2. The third-order valence-corrected chi connectivity index (χ3v) is 7.35. The Morgan fingerprint density at radius 3 is 2.83 bits per heavy atom. The van der Waals surface area contributed by atoms with Crippen molar-refractivity contribution in [1.82, 2.24) is 5.32 Å². The summed E-state index contributed by atoms with van der Waals surface area (Å²) in [4.78, 5) is 39.0. The van der Waals surface area contributed by atoms with Crippen LogP contribution in [0.2, 0.25) is 0 Å². The lowest BCUT2D eigenvalue weighted by molar-refractivity contribution is -0.129. The van der Waals surface area contributed by atoms with Gasteiger partial charge in [-0.2, -0.15) is 0 Å². The van der Waals surface area contributed by atoms with Crippen molar-refractivity contribution in [2.45, 2.75) is 44.4 Å². The van der Waals surface area contributed by atoms with E-state index in [4.69, 9.17) is 4.74 Å². The van der Waals surface area contributed by atoms with E-state index in [9.17, 15) is 22.8 Å². The number of fused-ring (bicyclic) bond motifs is 3. The number of carbonyl (C=O) groups is 3. The molecule has 0 bridgehead atoms. The van der Waals surface area contributed by atoms with Gasteiger partial charge in [0.1, 0.15) is 6.04 Å². The minimum Gasteiger partial charge on any atom is -0.449 e. The molecule has 0 aromatic heterocycles. The summed E-state index contributed by atoms with van der Waals surface area (Å²) in [5, 5.41) is 5.45. The molecule has 0 saturated carbocycles. The summed E-state index contributed by atoms with van der Waals surface area (Å²) in [5.41, 5.74) is 1.65. The normalized spacial score (nSPS) is 25.6. The largest absolute Gasteiger partial charge is 0.449 e. The standard InChI is InChI=1S/C19H23N3O6S/c1-11(17(23)20-13-6-8-29(26,27)10-13)28-19(25)12-4-5-15-14(9-12)21-18(24)16-3-2-7-22(15)16/h4-5,9,11,13,16H,2-3,6-8,10H2,1H3,(H,20,23)(H,21,24)/t11-,13-,16+/m0/s1. The van der Waals surface area contributed by atoms with E-state index in [1.54, 1.807) is 18.2 Å². The fraction of sp³-hybridized carbons (Fsp3) is 0.526. The van der Waals surface area contributed by atoms with E-state index in [0.717, 1.165) is 25.1 Å². The number of sulfone groups is 1. The summed E-state index contributed by atoms with van der Waals surface area (Å²) >= 11 is 0. The SMILES string of the molecule is C[C@H](OC(=O)c1ccc2c(c1)NC(=O)[C@H]1CCCN21)C(=O)N[C@H]1CCS(=O)(=O)C1. The molecule has 3 aliphatic rings. The number of carbonyl (C=O) groups excluding carboxylic acids is 3. The summed E-state index contributed by atoms with van der Waals surface area (Å²) in [5.74, 6) is -1.36. The first-order valence-corrected chi connectivity index (χ1v) is 11.5. The Balaban J connectivity index is 1.40. The molecule has 2 fully saturated rings. The topological polar surface area (TPSA) is 122 Å². The third kappa shape index (κ3) is 3.93. The minimum atomic E-state index is -3.11. The van der Waals surface area contributed by atoms with Crippen molar-refractivity contribution in [3.8, 4) is 0 Å². The number of hydrogen-bond donors (Lipinski definition) is 2. The van der Waals surface area contributed by atoms with Gasteiger partial charge < -0.3 is 20.3 Å². The lowest BCUT2D eigenvalue weighted by Gasteiger charge is -2.33. The van der Waals surface area contributed by atoms with Crippen molar-refractivity contribution in [3.05, 3.63) is 23.8 Å². The molecule has 2 saturated heterocycles. The van der Waals surface area contributed by atoms with Gasteiger partial charge in [0.25, 0.3) is 5.91 Å². The lowest BCUT2D eigenvalue weighted by Crippen LogP contribution is -2.44. The fourth-order valence-electron chi connectivity index (χ4n) is 4.07. The summed E-state index contributed by atoms with van der Waals surface area (Å²) in [7, 11) is -3.11. The van der Waals surface area contributed by atoms with E-state index in [-0.39, 0.29) is 29.0 Å². The maximum atomic E-state index is 12.5. The van der Waals surface area contributed by atoms with Crippen LogP contribution >= 0.6 is 0 Å². The Hall–Kier alpha value is -2.62. The highest BCUT2D eigenvalue weighted by molar-refractivity contribution is 7.91. The second kappa shape index (κ2) is 7.33. The van der Waals surface area contributed by atoms with Gasteiger partial charge in [-0.15, -0.1) is 0 Å². The predicted octanol–water partition coefficient (Wildman–Crippen LogP) is 0.456. The molecule has 0 radical (unpaired) electrons. The first kappa shape index (κ1) is 19.7. The van der Waals surface area contributed by atoms with E-state index < -0.39 is 33.9 Å². The van der Waals surface area contributed by atoms with E-state index in [2.05, 4.69) is 10.6 Å². The Morgan fingerprint density at radius 1 is 1.31 bits per heavy atom. The number of ether oxygens (including phenoxy) is 1. The van der Waals surface area contributed by atoms with Crippen molar-refractivity contribution < 1.29 is 27.5 Å². The number of amides is 2. The average molecular weight is 421 g/mol. The molecular formula is C19H23N3O6S. The third-order valence-electron chi connectivity index (χ3n) is 5.59. The molecule has 29 heavy (non-hydrogen) atoms. The molecule has 0 spiro atoms. The second-order valence-corrected chi connectivity index (χ2v) is 9.96.